The summed E-state index contributed by atoms with van der Waals surface area (Å²) in [5, 5.41) is 6.64. The summed E-state index contributed by atoms with van der Waals surface area (Å²) in [7, 11) is 3.34. The highest BCUT2D eigenvalue weighted by Crippen LogP contribution is 2.16. The standard InChI is InChI=1S/C20H33FN4O.HI/c1-16-7-4-5-11-25(16)12-6-10-23-20(22-2)24-14-17-8-9-19(21)18(13-17)15-26-3;/h8-9,13,16H,4-7,10-12,14-15H2,1-3H3,(H2,22,23,24);1H. The maximum absolute atomic E-state index is 13.7. The molecule has 5 nitrogen and oxygen atoms in total. The normalized spacial score (nSPS) is 18.1. The molecule has 0 amide bonds. The molecule has 0 spiro atoms. The molecule has 1 saturated heterocycles. The summed E-state index contributed by atoms with van der Waals surface area (Å²) in [6, 6.07) is 5.81. The van der Waals surface area contributed by atoms with Crippen LogP contribution in [-0.2, 0) is 17.9 Å². The number of rotatable bonds is 8. The summed E-state index contributed by atoms with van der Waals surface area (Å²) in [5.41, 5.74) is 1.58. The molecule has 2 N–H and O–H groups in total. The van der Waals surface area contributed by atoms with Gasteiger partial charge in [-0.2, -0.15) is 0 Å². The minimum Gasteiger partial charge on any atom is -0.380 e. The first-order valence-corrected chi connectivity index (χ1v) is 9.59. The van der Waals surface area contributed by atoms with Crippen LogP contribution in [-0.4, -0.2) is 50.7 Å². The number of halogens is 2. The Hall–Kier alpha value is -0.930. The molecule has 1 fully saturated rings. The fraction of sp³-hybridized carbons (Fsp3) is 0.650. The van der Waals surface area contributed by atoms with Gasteiger partial charge in [-0.1, -0.05) is 12.5 Å². The lowest BCUT2D eigenvalue weighted by atomic mass is 10.0. The largest absolute Gasteiger partial charge is 0.380 e. The van der Waals surface area contributed by atoms with Gasteiger partial charge in [0.15, 0.2) is 5.96 Å². The predicted molar refractivity (Wildman–Crippen MR) is 120 cm³/mol. The summed E-state index contributed by atoms with van der Waals surface area (Å²) < 4.78 is 18.7. The Morgan fingerprint density at radius 3 is 2.85 bits per heavy atom. The topological polar surface area (TPSA) is 48.9 Å². The molecule has 1 aromatic rings. The lowest BCUT2D eigenvalue weighted by molar-refractivity contribution is 0.159. The summed E-state index contributed by atoms with van der Waals surface area (Å²) in [6.45, 7) is 6.45. The van der Waals surface area contributed by atoms with E-state index in [-0.39, 0.29) is 36.4 Å². The molecule has 1 aliphatic heterocycles. The molecule has 0 bridgehead atoms. The molecule has 154 valence electrons. The van der Waals surface area contributed by atoms with E-state index < -0.39 is 0 Å². The van der Waals surface area contributed by atoms with Crippen molar-refractivity contribution < 1.29 is 9.13 Å². The average molecular weight is 492 g/mol. The van der Waals surface area contributed by atoms with Gasteiger partial charge in [0.1, 0.15) is 5.82 Å². The van der Waals surface area contributed by atoms with Crippen molar-refractivity contribution in [3.8, 4) is 0 Å². The van der Waals surface area contributed by atoms with Crippen molar-refractivity contribution >= 4 is 29.9 Å². The lowest BCUT2D eigenvalue weighted by Gasteiger charge is -2.33. The zero-order valence-corrected chi connectivity index (χ0v) is 19.1. The van der Waals surface area contributed by atoms with Crippen molar-refractivity contribution in [3.05, 3.63) is 35.1 Å². The van der Waals surface area contributed by atoms with Gasteiger partial charge in [0, 0.05) is 45.4 Å². The summed E-state index contributed by atoms with van der Waals surface area (Å²) in [6.07, 6.45) is 5.10. The Morgan fingerprint density at radius 2 is 2.15 bits per heavy atom. The van der Waals surface area contributed by atoms with Gasteiger partial charge in [-0.05, 0) is 50.4 Å². The van der Waals surface area contributed by atoms with Crippen molar-refractivity contribution in [1.29, 1.82) is 0 Å². The molecular weight excluding hydrogens is 458 g/mol. The Kier molecular flexibility index (Phi) is 11.9. The van der Waals surface area contributed by atoms with Crippen LogP contribution in [0.5, 0.6) is 0 Å². The molecule has 1 aliphatic rings. The minimum absolute atomic E-state index is 0. The van der Waals surface area contributed by atoms with Gasteiger partial charge in [-0.3, -0.25) is 4.99 Å². The first-order chi connectivity index (χ1) is 12.6. The fourth-order valence-electron chi connectivity index (χ4n) is 3.39. The molecule has 0 aliphatic carbocycles. The van der Waals surface area contributed by atoms with E-state index in [1.807, 2.05) is 6.07 Å². The highest BCUT2D eigenvalue weighted by molar-refractivity contribution is 14.0. The van der Waals surface area contributed by atoms with E-state index in [1.165, 1.54) is 31.9 Å². The van der Waals surface area contributed by atoms with E-state index >= 15 is 0 Å². The molecule has 0 saturated carbocycles. The van der Waals surface area contributed by atoms with Gasteiger partial charge in [-0.25, -0.2) is 4.39 Å². The fourth-order valence-corrected chi connectivity index (χ4v) is 3.39. The van der Waals surface area contributed by atoms with Gasteiger partial charge in [-0.15, -0.1) is 24.0 Å². The molecule has 27 heavy (non-hydrogen) atoms. The van der Waals surface area contributed by atoms with Crippen LogP contribution >= 0.6 is 24.0 Å². The molecule has 1 unspecified atom stereocenters. The second kappa shape index (κ2) is 13.3. The minimum atomic E-state index is -0.231. The second-order valence-corrected chi connectivity index (χ2v) is 6.95. The van der Waals surface area contributed by atoms with Crippen LogP contribution in [0.3, 0.4) is 0 Å². The zero-order valence-electron chi connectivity index (χ0n) is 16.8. The molecule has 1 atom stereocenters. The van der Waals surface area contributed by atoms with Crippen LogP contribution in [0.25, 0.3) is 0 Å². The Balaban J connectivity index is 0.00000364. The number of aliphatic imine (C=N–C) groups is 1. The van der Waals surface area contributed by atoms with E-state index in [0.29, 0.717) is 18.2 Å². The van der Waals surface area contributed by atoms with E-state index in [4.69, 9.17) is 4.74 Å². The third-order valence-electron chi connectivity index (χ3n) is 4.95. The van der Waals surface area contributed by atoms with Crippen molar-refractivity contribution in [2.24, 2.45) is 4.99 Å². The highest BCUT2D eigenvalue weighted by atomic mass is 127. The maximum Gasteiger partial charge on any atom is 0.191 e. The monoisotopic (exact) mass is 492 g/mol. The van der Waals surface area contributed by atoms with Crippen LogP contribution in [0.1, 0.15) is 43.7 Å². The van der Waals surface area contributed by atoms with Gasteiger partial charge < -0.3 is 20.3 Å². The smallest absolute Gasteiger partial charge is 0.191 e. The van der Waals surface area contributed by atoms with E-state index in [1.54, 1.807) is 20.2 Å². The molecule has 7 heteroatoms. The van der Waals surface area contributed by atoms with Crippen LogP contribution in [0, 0.1) is 5.82 Å². The number of piperidine rings is 1. The first-order valence-electron chi connectivity index (χ1n) is 9.59. The van der Waals surface area contributed by atoms with Gasteiger partial charge >= 0.3 is 0 Å². The van der Waals surface area contributed by atoms with E-state index in [0.717, 1.165) is 31.0 Å². The van der Waals surface area contributed by atoms with Gasteiger partial charge in [0.2, 0.25) is 0 Å². The molecule has 0 aromatic heterocycles. The maximum atomic E-state index is 13.7. The Morgan fingerprint density at radius 1 is 1.33 bits per heavy atom. The number of ether oxygens (including phenoxy) is 1. The number of hydrogen-bond acceptors (Lipinski definition) is 3. The second-order valence-electron chi connectivity index (χ2n) is 6.95. The van der Waals surface area contributed by atoms with Crippen molar-refractivity contribution in [1.82, 2.24) is 15.5 Å². The number of nitrogens with one attached hydrogen (secondary N) is 2. The molecule has 0 radical (unpaired) electrons. The number of nitrogens with zero attached hydrogens (tertiary/aromatic N) is 2. The lowest BCUT2D eigenvalue weighted by Crippen LogP contribution is -2.41. The predicted octanol–water partition coefficient (Wildman–Crippen LogP) is 3.52. The number of hydrogen-bond donors (Lipinski definition) is 2. The highest BCUT2D eigenvalue weighted by Gasteiger charge is 2.17. The quantitative estimate of drug-likeness (QED) is 0.253. The van der Waals surface area contributed by atoms with Crippen LogP contribution < -0.4 is 10.6 Å². The van der Waals surface area contributed by atoms with E-state index in [9.17, 15) is 4.39 Å². The number of guanidine groups is 1. The average Bonchev–Trinajstić information content (AvgIpc) is 2.65. The Bertz CT molecular complexity index is 585. The molecular formula is C20H34FIN4O. The molecule has 1 heterocycles. The van der Waals surface area contributed by atoms with E-state index in [2.05, 4.69) is 27.4 Å². The molecule has 2 rings (SSSR count). The van der Waals surface area contributed by atoms with Crippen molar-refractivity contribution in [2.45, 2.75) is 51.8 Å². The van der Waals surface area contributed by atoms with Gasteiger partial charge in [0.25, 0.3) is 0 Å². The summed E-state index contributed by atoms with van der Waals surface area (Å²) in [5.74, 6) is 0.541. The summed E-state index contributed by atoms with van der Waals surface area (Å²) in [4.78, 5) is 6.84. The van der Waals surface area contributed by atoms with Crippen LogP contribution in [0.15, 0.2) is 23.2 Å². The zero-order chi connectivity index (χ0) is 18.8. The van der Waals surface area contributed by atoms with Crippen LogP contribution in [0.2, 0.25) is 0 Å². The third-order valence-corrected chi connectivity index (χ3v) is 4.95. The number of methoxy groups -OCH3 is 1. The SMILES string of the molecule is CN=C(NCCCN1CCCCC1C)NCc1ccc(F)c(COC)c1.I. The Labute approximate surface area is 180 Å². The number of benzene rings is 1. The number of likely N-dealkylation sites (tertiary alicyclic amines) is 1. The van der Waals surface area contributed by atoms with Crippen molar-refractivity contribution in [2.75, 3.05) is 33.8 Å². The first kappa shape index (κ1) is 24.1. The van der Waals surface area contributed by atoms with Crippen molar-refractivity contribution in [3.63, 3.8) is 0 Å². The summed E-state index contributed by atoms with van der Waals surface area (Å²) >= 11 is 0. The van der Waals surface area contributed by atoms with Crippen LogP contribution in [0.4, 0.5) is 4.39 Å². The molecule has 1 aromatic carbocycles. The third kappa shape index (κ3) is 8.31. The van der Waals surface area contributed by atoms with Gasteiger partial charge in [0.05, 0.1) is 6.61 Å².